The van der Waals surface area contributed by atoms with Crippen LogP contribution in [0.2, 0.25) is 0 Å². The normalized spacial score (nSPS) is 21.2. The Bertz CT molecular complexity index is 1130. The molecule has 0 radical (unpaired) electrons. The molecule has 4 nitrogen and oxygen atoms in total. The third-order valence-electron chi connectivity index (χ3n) is 5.54. The van der Waals surface area contributed by atoms with Crippen LogP contribution in [0.25, 0.3) is 11.1 Å². The molecule has 0 spiro atoms. The maximum Gasteiger partial charge on any atom is 0.172 e. The summed E-state index contributed by atoms with van der Waals surface area (Å²) >= 11 is 0. The third kappa shape index (κ3) is 3.36. The number of nitrogens with two attached hydrogens (primary N) is 1. The fraction of sp³-hybridized carbons (Fsp3) is 0.200. The predicted octanol–water partition coefficient (Wildman–Crippen LogP) is 4.71. The Morgan fingerprint density at radius 3 is 2.50 bits per heavy atom. The van der Waals surface area contributed by atoms with Crippen molar-refractivity contribution in [2.45, 2.75) is 18.9 Å². The SMILES string of the molecule is COc1cccc(-c2cc(F)cc(C3(c4ccccc4)N=C(N)CC(C)C3=O)c2)c1. The van der Waals surface area contributed by atoms with Crippen LogP contribution in [0.5, 0.6) is 5.75 Å². The smallest absolute Gasteiger partial charge is 0.172 e. The molecule has 2 unspecified atom stereocenters. The number of Topliss-reactive ketones (excluding diaryl/α,β-unsaturated/α-hetero) is 1. The van der Waals surface area contributed by atoms with Gasteiger partial charge in [0.1, 0.15) is 11.6 Å². The van der Waals surface area contributed by atoms with Crippen LogP contribution >= 0.6 is 0 Å². The lowest BCUT2D eigenvalue weighted by Gasteiger charge is -2.36. The second-order valence-corrected chi connectivity index (χ2v) is 7.61. The van der Waals surface area contributed by atoms with E-state index in [1.807, 2.05) is 67.6 Å². The number of carbonyl (C=O) groups excluding carboxylic acids is 1. The van der Waals surface area contributed by atoms with Gasteiger partial charge in [-0.3, -0.25) is 4.79 Å². The molecule has 3 aromatic rings. The summed E-state index contributed by atoms with van der Waals surface area (Å²) in [6, 6.07) is 21.2. The van der Waals surface area contributed by atoms with Gasteiger partial charge < -0.3 is 10.5 Å². The molecule has 4 rings (SSSR count). The first-order valence-electron chi connectivity index (χ1n) is 9.83. The fourth-order valence-corrected chi connectivity index (χ4v) is 4.11. The lowest BCUT2D eigenvalue weighted by atomic mass is 9.72. The van der Waals surface area contributed by atoms with Crippen molar-refractivity contribution < 1.29 is 13.9 Å². The van der Waals surface area contributed by atoms with Crippen molar-refractivity contribution in [1.82, 2.24) is 0 Å². The summed E-state index contributed by atoms with van der Waals surface area (Å²) in [5.74, 6) is 0.190. The molecule has 2 N–H and O–H groups in total. The largest absolute Gasteiger partial charge is 0.497 e. The number of aliphatic imine (C=N–C) groups is 1. The summed E-state index contributed by atoms with van der Waals surface area (Å²) in [4.78, 5) is 18.2. The number of carbonyl (C=O) groups is 1. The summed E-state index contributed by atoms with van der Waals surface area (Å²) in [7, 11) is 1.58. The molecule has 0 saturated carbocycles. The van der Waals surface area contributed by atoms with Gasteiger partial charge in [0, 0.05) is 12.3 Å². The van der Waals surface area contributed by atoms with Gasteiger partial charge in [-0.2, -0.15) is 0 Å². The maximum atomic E-state index is 14.8. The van der Waals surface area contributed by atoms with E-state index in [1.165, 1.54) is 12.1 Å². The summed E-state index contributed by atoms with van der Waals surface area (Å²) in [5, 5.41) is 0. The molecule has 1 heterocycles. The van der Waals surface area contributed by atoms with E-state index in [0.717, 1.165) is 5.56 Å². The number of amidine groups is 1. The highest BCUT2D eigenvalue weighted by atomic mass is 19.1. The molecule has 30 heavy (non-hydrogen) atoms. The summed E-state index contributed by atoms with van der Waals surface area (Å²) in [6.07, 6.45) is 0.394. The second kappa shape index (κ2) is 7.75. The zero-order chi connectivity index (χ0) is 21.3. The minimum atomic E-state index is -1.38. The van der Waals surface area contributed by atoms with Crippen molar-refractivity contribution in [3.05, 3.63) is 89.7 Å². The first-order valence-corrected chi connectivity index (χ1v) is 9.83. The quantitative estimate of drug-likeness (QED) is 0.687. The van der Waals surface area contributed by atoms with E-state index in [1.54, 1.807) is 7.11 Å². The van der Waals surface area contributed by atoms with Gasteiger partial charge in [0.05, 0.1) is 12.9 Å². The Morgan fingerprint density at radius 2 is 1.77 bits per heavy atom. The molecular weight excluding hydrogens is 379 g/mol. The van der Waals surface area contributed by atoms with Gasteiger partial charge in [0.2, 0.25) is 0 Å². The van der Waals surface area contributed by atoms with Crippen LogP contribution < -0.4 is 10.5 Å². The molecule has 0 aliphatic carbocycles. The van der Waals surface area contributed by atoms with Crippen molar-refractivity contribution in [1.29, 1.82) is 0 Å². The average Bonchev–Trinajstić information content (AvgIpc) is 2.76. The number of ether oxygens (including phenoxy) is 1. The Hall–Kier alpha value is -3.47. The lowest BCUT2D eigenvalue weighted by Crippen LogP contribution is -2.45. The molecule has 1 aliphatic heterocycles. The minimum Gasteiger partial charge on any atom is -0.497 e. The molecule has 3 aromatic carbocycles. The van der Waals surface area contributed by atoms with Crippen LogP contribution in [-0.4, -0.2) is 18.7 Å². The molecular formula is C25H23FN2O2. The van der Waals surface area contributed by atoms with E-state index in [4.69, 9.17) is 10.5 Å². The number of hydrogen-bond acceptors (Lipinski definition) is 4. The molecule has 152 valence electrons. The number of benzene rings is 3. The van der Waals surface area contributed by atoms with Crippen molar-refractivity contribution in [2.24, 2.45) is 16.6 Å². The van der Waals surface area contributed by atoms with Gasteiger partial charge in [-0.25, -0.2) is 9.38 Å². The van der Waals surface area contributed by atoms with Crippen LogP contribution in [0.4, 0.5) is 4.39 Å². The lowest BCUT2D eigenvalue weighted by molar-refractivity contribution is -0.126. The highest BCUT2D eigenvalue weighted by molar-refractivity contribution is 6.03. The standard InChI is InChI=1S/C25H23FN2O2/c1-16-11-23(27)28-25(24(16)29,19-8-4-3-5-9-19)20-12-18(13-21(26)15-20)17-7-6-10-22(14-17)30-2/h3-10,12-16H,11H2,1-2H3,(H2,27,28). The topological polar surface area (TPSA) is 64.7 Å². The van der Waals surface area contributed by atoms with E-state index in [9.17, 15) is 9.18 Å². The van der Waals surface area contributed by atoms with Crippen molar-refractivity contribution >= 4 is 11.6 Å². The monoisotopic (exact) mass is 402 g/mol. The molecule has 1 aliphatic rings. The number of methoxy groups -OCH3 is 1. The molecule has 0 saturated heterocycles. The Labute approximate surface area is 175 Å². The van der Waals surface area contributed by atoms with E-state index >= 15 is 0 Å². The number of nitrogens with zero attached hydrogens (tertiary/aromatic N) is 1. The molecule has 2 atom stereocenters. The number of hydrogen-bond donors (Lipinski definition) is 1. The van der Waals surface area contributed by atoms with Gasteiger partial charge >= 0.3 is 0 Å². The Morgan fingerprint density at radius 1 is 1.00 bits per heavy atom. The number of ketones is 1. The van der Waals surface area contributed by atoms with Crippen LogP contribution in [0.3, 0.4) is 0 Å². The molecule has 0 bridgehead atoms. The van der Waals surface area contributed by atoms with E-state index in [-0.39, 0.29) is 11.7 Å². The van der Waals surface area contributed by atoms with Gasteiger partial charge in [0.15, 0.2) is 11.3 Å². The van der Waals surface area contributed by atoms with E-state index in [2.05, 4.69) is 4.99 Å². The highest BCUT2D eigenvalue weighted by Gasteiger charge is 2.47. The van der Waals surface area contributed by atoms with E-state index in [0.29, 0.717) is 34.7 Å². The second-order valence-electron chi connectivity index (χ2n) is 7.61. The highest BCUT2D eigenvalue weighted by Crippen LogP contribution is 2.42. The fourth-order valence-electron chi connectivity index (χ4n) is 4.11. The van der Waals surface area contributed by atoms with Gasteiger partial charge in [-0.05, 0) is 52.6 Å². The maximum absolute atomic E-state index is 14.8. The average molecular weight is 402 g/mol. The van der Waals surface area contributed by atoms with Crippen LogP contribution in [0.15, 0.2) is 77.8 Å². The Balaban J connectivity index is 1.98. The summed E-state index contributed by atoms with van der Waals surface area (Å²) in [5.41, 5.74) is 7.33. The van der Waals surface area contributed by atoms with Crippen molar-refractivity contribution in [3.63, 3.8) is 0 Å². The Kier molecular flexibility index (Phi) is 5.12. The number of halogens is 1. The van der Waals surface area contributed by atoms with Crippen LogP contribution in [-0.2, 0) is 10.3 Å². The van der Waals surface area contributed by atoms with Crippen molar-refractivity contribution in [3.8, 4) is 16.9 Å². The molecule has 0 aromatic heterocycles. The van der Waals surface area contributed by atoms with Gasteiger partial charge in [-0.1, -0.05) is 49.4 Å². The van der Waals surface area contributed by atoms with Gasteiger partial charge in [-0.15, -0.1) is 0 Å². The molecule has 0 amide bonds. The zero-order valence-corrected chi connectivity index (χ0v) is 16.9. The number of rotatable bonds is 4. The summed E-state index contributed by atoms with van der Waals surface area (Å²) < 4.78 is 20.1. The first-order chi connectivity index (χ1) is 14.4. The minimum absolute atomic E-state index is 0.0925. The van der Waals surface area contributed by atoms with Gasteiger partial charge in [0.25, 0.3) is 0 Å². The molecule has 5 heteroatoms. The van der Waals surface area contributed by atoms with E-state index < -0.39 is 11.4 Å². The van der Waals surface area contributed by atoms with Crippen molar-refractivity contribution in [2.75, 3.05) is 7.11 Å². The summed E-state index contributed by atoms with van der Waals surface area (Å²) in [6.45, 7) is 1.84. The van der Waals surface area contributed by atoms with Crippen LogP contribution in [0, 0.1) is 11.7 Å². The third-order valence-corrected chi connectivity index (χ3v) is 5.54. The first kappa shape index (κ1) is 19.8. The molecule has 0 fully saturated rings. The predicted molar refractivity (Wildman–Crippen MR) is 116 cm³/mol. The van der Waals surface area contributed by atoms with Crippen LogP contribution in [0.1, 0.15) is 24.5 Å². The zero-order valence-electron chi connectivity index (χ0n) is 16.9.